The number of carbonyl (C=O) groups excluding carboxylic acids is 1. The van der Waals surface area contributed by atoms with Crippen molar-refractivity contribution < 1.29 is 9.53 Å². The molecule has 1 aromatic rings. The third-order valence-electron chi connectivity index (χ3n) is 3.07. The van der Waals surface area contributed by atoms with Crippen molar-refractivity contribution in [1.29, 1.82) is 0 Å². The summed E-state index contributed by atoms with van der Waals surface area (Å²) in [5.41, 5.74) is 1.15. The Morgan fingerprint density at radius 3 is 2.68 bits per heavy atom. The maximum absolute atomic E-state index is 10.2. The first kappa shape index (κ1) is 15.6. The van der Waals surface area contributed by atoms with E-state index in [9.17, 15) is 4.79 Å². The minimum Gasteiger partial charge on any atom is -0.372 e. The van der Waals surface area contributed by atoms with Gasteiger partial charge in [-0.15, -0.1) is 0 Å². The van der Waals surface area contributed by atoms with Gasteiger partial charge in [-0.3, -0.25) is 0 Å². The van der Waals surface area contributed by atoms with Crippen molar-refractivity contribution in [2.24, 2.45) is 4.99 Å². The molecule has 3 nitrogen and oxygen atoms in total. The summed E-state index contributed by atoms with van der Waals surface area (Å²) in [6.45, 7) is 3.19. The van der Waals surface area contributed by atoms with Crippen molar-refractivity contribution in [2.75, 3.05) is 6.54 Å². The standard InChI is InChI=1S/C16H23NO2/c1-2-3-4-8-11-16(12-17-14-18)19-13-15-9-6-5-7-10-15/h5-7,9-10,16H,2-4,8,11-13H2,1H3. The Labute approximate surface area is 115 Å². The molecule has 0 fully saturated rings. The summed E-state index contributed by atoms with van der Waals surface area (Å²) >= 11 is 0. The summed E-state index contributed by atoms with van der Waals surface area (Å²) in [4.78, 5) is 13.9. The fraction of sp³-hybridized carbons (Fsp3) is 0.562. The second-order valence-electron chi connectivity index (χ2n) is 4.70. The van der Waals surface area contributed by atoms with Crippen molar-refractivity contribution in [2.45, 2.75) is 51.7 Å². The van der Waals surface area contributed by atoms with E-state index in [1.54, 1.807) is 6.08 Å². The van der Waals surface area contributed by atoms with Crippen LogP contribution in [0.3, 0.4) is 0 Å². The van der Waals surface area contributed by atoms with Gasteiger partial charge in [-0.2, -0.15) is 0 Å². The lowest BCUT2D eigenvalue weighted by Gasteiger charge is -2.15. The van der Waals surface area contributed by atoms with Gasteiger partial charge in [0.05, 0.1) is 19.3 Å². The topological polar surface area (TPSA) is 38.7 Å². The predicted octanol–water partition coefficient (Wildman–Crippen LogP) is 3.88. The number of hydrogen-bond acceptors (Lipinski definition) is 3. The normalized spacial score (nSPS) is 11.8. The Bertz CT molecular complexity index is 372. The summed E-state index contributed by atoms with van der Waals surface area (Å²) in [5, 5.41) is 0. The molecule has 0 spiro atoms. The Hall–Kier alpha value is -1.44. The summed E-state index contributed by atoms with van der Waals surface area (Å²) in [7, 11) is 0. The van der Waals surface area contributed by atoms with E-state index in [2.05, 4.69) is 11.9 Å². The maximum atomic E-state index is 10.2. The van der Waals surface area contributed by atoms with Crippen molar-refractivity contribution in [3.05, 3.63) is 35.9 Å². The van der Waals surface area contributed by atoms with Crippen molar-refractivity contribution in [3.63, 3.8) is 0 Å². The Kier molecular flexibility index (Phi) is 8.61. The fourth-order valence-electron chi connectivity index (χ4n) is 1.95. The molecule has 0 aliphatic rings. The largest absolute Gasteiger partial charge is 0.372 e. The first-order valence-electron chi connectivity index (χ1n) is 7.06. The van der Waals surface area contributed by atoms with Crippen LogP contribution < -0.4 is 0 Å². The first-order valence-corrected chi connectivity index (χ1v) is 7.06. The fourth-order valence-corrected chi connectivity index (χ4v) is 1.95. The van der Waals surface area contributed by atoms with Gasteiger partial charge in [-0.1, -0.05) is 62.9 Å². The second-order valence-corrected chi connectivity index (χ2v) is 4.70. The molecule has 0 saturated carbocycles. The Balaban J connectivity index is 2.33. The SMILES string of the molecule is CCCCCCC(CN=C=O)OCc1ccccc1. The van der Waals surface area contributed by atoms with Gasteiger partial charge in [0, 0.05) is 0 Å². The van der Waals surface area contributed by atoms with Gasteiger partial charge in [-0.25, -0.2) is 9.79 Å². The van der Waals surface area contributed by atoms with E-state index >= 15 is 0 Å². The number of ether oxygens (including phenoxy) is 1. The quantitative estimate of drug-likeness (QED) is 0.364. The summed E-state index contributed by atoms with van der Waals surface area (Å²) < 4.78 is 5.84. The van der Waals surface area contributed by atoms with E-state index in [1.807, 2.05) is 30.3 Å². The maximum Gasteiger partial charge on any atom is 0.235 e. The third kappa shape index (κ3) is 7.55. The van der Waals surface area contributed by atoms with E-state index in [1.165, 1.54) is 19.3 Å². The van der Waals surface area contributed by atoms with Gasteiger partial charge in [0.2, 0.25) is 6.08 Å². The van der Waals surface area contributed by atoms with Gasteiger partial charge in [0.1, 0.15) is 0 Å². The van der Waals surface area contributed by atoms with Crippen LogP contribution in [0.25, 0.3) is 0 Å². The molecule has 1 aromatic carbocycles. The van der Waals surface area contributed by atoms with Crippen LogP contribution in [0, 0.1) is 0 Å². The predicted molar refractivity (Wildman–Crippen MR) is 76.8 cm³/mol. The molecular formula is C16H23NO2. The highest BCUT2D eigenvalue weighted by Gasteiger charge is 2.08. The second kappa shape index (κ2) is 10.5. The third-order valence-corrected chi connectivity index (χ3v) is 3.07. The number of unbranched alkanes of at least 4 members (excludes halogenated alkanes) is 3. The number of benzene rings is 1. The van der Waals surface area contributed by atoms with Gasteiger partial charge >= 0.3 is 0 Å². The van der Waals surface area contributed by atoms with Gasteiger partial charge in [0.25, 0.3) is 0 Å². The Morgan fingerprint density at radius 2 is 2.00 bits per heavy atom. The van der Waals surface area contributed by atoms with Crippen LogP contribution in [0.5, 0.6) is 0 Å². The minimum atomic E-state index is 0.0264. The first-order chi connectivity index (χ1) is 9.36. The average Bonchev–Trinajstić information content (AvgIpc) is 2.46. The van der Waals surface area contributed by atoms with Crippen LogP contribution in [0.2, 0.25) is 0 Å². The molecule has 0 aliphatic carbocycles. The minimum absolute atomic E-state index is 0.0264. The zero-order chi connectivity index (χ0) is 13.8. The van der Waals surface area contributed by atoms with Crippen molar-refractivity contribution >= 4 is 6.08 Å². The van der Waals surface area contributed by atoms with Crippen LogP contribution in [-0.4, -0.2) is 18.7 Å². The highest BCUT2D eigenvalue weighted by atomic mass is 16.5. The van der Waals surface area contributed by atoms with E-state index in [0.717, 1.165) is 18.4 Å². The molecular weight excluding hydrogens is 238 g/mol. The molecule has 1 unspecified atom stereocenters. The van der Waals surface area contributed by atoms with Crippen LogP contribution >= 0.6 is 0 Å². The molecule has 0 aromatic heterocycles. The Morgan fingerprint density at radius 1 is 1.21 bits per heavy atom. The smallest absolute Gasteiger partial charge is 0.235 e. The molecule has 0 bridgehead atoms. The van der Waals surface area contributed by atoms with E-state index in [-0.39, 0.29) is 6.10 Å². The van der Waals surface area contributed by atoms with Crippen LogP contribution in [-0.2, 0) is 16.1 Å². The molecule has 0 saturated heterocycles. The zero-order valence-corrected chi connectivity index (χ0v) is 11.7. The van der Waals surface area contributed by atoms with E-state index in [0.29, 0.717) is 13.2 Å². The molecule has 1 atom stereocenters. The summed E-state index contributed by atoms with van der Waals surface area (Å²) in [6, 6.07) is 10.1. The average molecular weight is 261 g/mol. The van der Waals surface area contributed by atoms with Crippen LogP contribution in [0.4, 0.5) is 0 Å². The number of nitrogens with zero attached hydrogens (tertiary/aromatic N) is 1. The molecule has 0 amide bonds. The number of isocyanates is 1. The molecule has 0 radical (unpaired) electrons. The molecule has 0 aliphatic heterocycles. The molecule has 104 valence electrons. The van der Waals surface area contributed by atoms with Crippen LogP contribution in [0.15, 0.2) is 35.3 Å². The molecule has 1 rings (SSSR count). The summed E-state index contributed by atoms with van der Waals surface area (Å²) in [6.07, 6.45) is 7.39. The van der Waals surface area contributed by atoms with Crippen molar-refractivity contribution in [1.82, 2.24) is 0 Å². The van der Waals surface area contributed by atoms with E-state index < -0.39 is 0 Å². The monoisotopic (exact) mass is 261 g/mol. The highest BCUT2D eigenvalue weighted by molar-refractivity contribution is 5.32. The lowest BCUT2D eigenvalue weighted by Crippen LogP contribution is -2.16. The van der Waals surface area contributed by atoms with Crippen LogP contribution in [0.1, 0.15) is 44.6 Å². The van der Waals surface area contributed by atoms with Gasteiger partial charge in [-0.05, 0) is 12.0 Å². The molecule has 0 N–H and O–H groups in total. The molecule has 3 heteroatoms. The number of rotatable bonds is 10. The molecule has 19 heavy (non-hydrogen) atoms. The lowest BCUT2D eigenvalue weighted by molar-refractivity contribution is 0.0395. The lowest BCUT2D eigenvalue weighted by atomic mass is 10.1. The number of aliphatic imine (C=N–C) groups is 1. The number of hydrogen-bond donors (Lipinski definition) is 0. The van der Waals surface area contributed by atoms with Gasteiger partial charge < -0.3 is 4.74 Å². The zero-order valence-electron chi connectivity index (χ0n) is 11.7. The highest BCUT2D eigenvalue weighted by Crippen LogP contribution is 2.11. The van der Waals surface area contributed by atoms with Gasteiger partial charge in [0.15, 0.2) is 0 Å². The van der Waals surface area contributed by atoms with Crippen molar-refractivity contribution in [3.8, 4) is 0 Å². The summed E-state index contributed by atoms with van der Waals surface area (Å²) in [5.74, 6) is 0. The molecule has 0 heterocycles. The van der Waals surface area contributed by atoms with E-state index in [4.69, 9.17) is 4.74 Å².